The van der Waals surface area contributed by atoms with Gasteiger partial charge in [-0.15, -0.1) is 11.5 Å². The molecule has 0 aliphatic carbocycles. The molecule has 3 aromatic heterocycles. The number of amides is 1. The van der Waals surface area contributed by atoms with E-state index in [1.807, 2.05) is 6.07 Å². The maximum Gasteiger partial charge on any atom is 0.297 e. The number of benzene rings is 2. The Morgan fingerprint density at radius 2 is 1.95 bits per heavy atom. The van der Waals surface area contributed by atoms with E-state index in [-0.39, 0.29) is 29.2 Å². The van der Waals surface area contributed by atoms with Gasteiger partial charge < -0.3 is 10.1 Å². The molecular formula is C27H21N7O5S. The third kappa shape index (κ3) is 4.03. The molecule has 13 heteroatoms. The van der Waals surface area contributed by atoms with Crippen LogP contribution in [0, 0.1) is 12.3 Å². The van der Waals surface area contributed by atoms with Gasteiger partial charge in [0.2, 0.25) is 0 Å². The molecule has 0 saturated heterocycles. The van der Waals surface area contributed by atoms with Gasteiger partial charge in [0, 0.05) is 34.6 Å². The largest absolute Gasteiger partial charge is 0.488 e. The third-order valence-electron chi connectivity index (χ3n) is 6.60. The Kier molecular flexibility index (Phi) is 5.79. The molecule has 0 spiro atoms. The van der Waals surface area contributed by atoms with Crippen LogP contribution in [0.4, 0.5) is 5.82 Å². The molecule has 1 amide bonds. The summed E-state index contributed by atoms with van der Waals surface area (Å²) in [5, 5.41) is 13.1. The van der Waals surface area contributed by atoms with Crippen LogP contribution in [0.3, 0.4) is 0 Å². The van der Waals surface area contributed by atoms with Crippen LogP contribution < -0.4 is 25.5 Å². The van der Waals surface area contributed by atoms with Crippen molar-refractivity contribution in [3.63, 3.8) is 0 Å². The molecule has 4 heterocycles. The molecule has 0 saturated carbocycles. The van der Waals surface area contributed by atoms with Gasteiger partial charge in [-0.1, -0.05) is 24.1 Å². The quantitative estimate of drug-likeness (QED) is 0.270. The number of hydrogen-bond acceptors (Lipinski definition) is 7. The van der Waals surface area contributed by atoms with E-state index < -0.39 is 22.2 Å². The van der Waals surface area contributed by atoms with Gasteiger partial charge in [0.1, 0.15) is 17.9 Å². The molecule has 0 fully saturated rings. The first-order chi connectivity index (χ1) is 19.2. The van der Waals surface area contributed by atoms with E-state index >= 15 is 0 Å². The Hall–Kier alpha value is -5.19. The van der Waals surface area contributed by atoms with Gasteiger partial charge in [-0.25, -0.2) is 14.6 Å². The molecule has 40 heavy (non-hydrogen) atoms. The molecule has 200 valence electrons. The van der Waals surface area contributed by atoms with Crippen LogP contribution in [0.25, 0.3) is 22.1 Å². The van der Waals surface area contributed by atoms with E-state index in [9.17, 15) is 18.0 Å². The summed E-state index contributed by atoms with van der Waals surface area (Å²) in [6.45, 7) is 1.86. The summed E-state index contributed by atoms with van der Waals surface area (Å²) in [4.78, 5) is 31.9. The summed E-state index contributed by atoms with van der Waals surface area (Å²) in [6.07, 6.45) is 8.70. The van der Waals surface area contributed by atoms with Crippen LogP contribution in [-0.2, 0) is 16.8 Å². The van der Waals surface area contributed by atoms with Gasteiger partial charge in [0.25, 0.3) is 21.7 Å². The average molecular weight is 556 g/mol. The molecule has 1 aliphatic rings. The highest BCUT2D eigenvalue weighted by molar-refractivity contribution is 7.90. The number of nitrogens with one attached hydrogen (secondary N) is 2. The van der Waals surface area contributed by atoms with Crippen molar-refractivity contribution in [1.29, 1.82) is 0 Å². The van der Waals surface area contributed by atoms with Gasteiger partial charge in [-0.05, 0) is 37.3 Å². The molecule has 0 bridgehead atoms. The van der Waals surface area contributed by atoms with E-state index in [0.717, 1.165) is 0 Å². The lowest BCUT2D eigenvalue weighted by Gasteiger charge is -2.23. The standard InChI is InChI=1S/C27H21N7O5S/c1-3-16-10-11-19-21-18(14-39-19)23(34(27(36)20(16)21)17-8-5-4-6-9-17)15(2)30-26(35)22-24(32-40(28,37)38)31-33-13-7-12-29-25(22)33/h1,4-13,15H,14H2,2H3,(H,30,35)(H,31,32)(H2,28,37,38)/t15-/m1/s1. The predicted molar refractivity (Wildman–Crippen MR) is 147 cm³/mol. The number of rotatable bonds is 6. The van der Waals surface area contributed by atoms with Crippen LogP contribution in [0.15, 0.2) is 65.7 Å². The summed E-state index contributed by atoms with van der Waals surface area (Å²) in [6, 6.07) is 13.2. The zero-order valence-electron chi connectivity index (χ0n) is 21.0. The summed E-state index contributed by atoms with van der Waals surface area (Å²) < 4.78 is 34.4. The molecular weight excluding hydrogens is 534 g/mol. The van der Waals surface area contributed by atoms with Crippen LogP contribution in [0.2, 0.25) is 0 Å². The second kappa shape index (κ2) is 9.23. The fraction of sp³-hybridized carbons (Fsp3) is 0.111. The number of hydrogen-bond donors (Lipinski definition) is 3. The maximum atomic E-state index is 14.1. The minimum absolute atomic E-state index is 0.103. The van der Waals surface area contributed by atoms with Crippen LogP contribution in [0.5, 0.6) is 5.75 Å². The average Bonchev–Trinajstić information content (AvgIpc) is 3.51. The number of pyridine rings is 1. The van der Waals surface area contributed by atoms with Crippen LogP contribution in [0.1, 0.15) is 40.1 Å². The fourth-order valence-electron chi connectivity index (χ4n) is 5.05. The predicted octanol–water partition coefficient (Wildman–Crippen LogP) is 2.01. The topological polar surface area (TPSA) is 163 Å². The number of nitrogens with zero attached hydrogens (tertiary/aromatic N) is 4. The number of aromatic nitrogens is 4. The number of carbonyl (C=O) groups excluding carboxylic acids is 1. The fourth-order valence-corrected chi connectivity index (χ4v) is 5.47. The third-order valence-corrected chi connectivity index (χ3v) is 7.07. The van der Waals surface area contributed by atoms with Crippen LogP contribution >= 0.6 is 0 Å². The van der Waals surface area contributed by atoms with Crippen molar-refractivity contribution in [3.05, 3.63) is 93.7 Å². The number of terminal acetylenes is 1. The number of carbonyl (C=O) groups is 1. The second-order valence-electron chi connectivity index (χ2n) is 9.09. The van der Waals surface area contributed by atoms with Gasteiger partial charge in [0.05, 0.1) is 17.1 Å². The van der Waals surface area contributed by atoms with E-state index in [1.165, 1.54) is 21.5 Å². The minimum Gasteiger partial charge on any atom is -0.488 e. The lowest BCUT2D eigenvalue weighted by Crippen LogP contribution is -2.34. The van der Waals surface area contributed by atoms with Gasteiger partial charge in [0.15, 0.2) is 11.5 Å². The first-order valence-electron chi connectivity index (χ1n) is 12.0. The van der Waals surface area contributed by atoms with Crippen LogP contribution in [-0.4, -0.2) is 33.5 Å². The first kappa shape index (κ1) is 25.1. The Morgan fingerprint density at radius 3 is 2.67 bits per heavy atom. The lowest BCUT2D eigenvalue weighted by atomic mass is 9.97. The van der Waals surface area contributed by atoms with Crippen molar-refractivity contribution in [1.82, 2.24) is 24.5 Å². The molecule has 1 atom stereocenters. The van der Waals surface area contributed by atoms with Crippen molar-refractivity contribution < 1.29 is 17.9 Å². The van der Waals surface area contributed by atoms with Gasteiger partial charge in [-0.3, -0.25) is 18.9 Å². The molecule has 4 N–H and O–H groups in total. The van der Waals surface area contributed by atoms with Crippen molar-refractivity contribution >= 4 is 38.4 Å². The van der Waals surface area contributed by atoms with Crippen molar-refractivity contribution in [3.8, 4) is 23.8 Å². The molecule has 12 nitrogen and oxygen atoms in total. The summed E-state index contributed by atoms with van der Waals surface area (Å²) in [5.74, 6) is 2.13. The highest BCUT2D eigenvalue weighted by atomic mass is 32.2. The number of anilines is 1. The van der Waals surface area contributed by atoms with Gasteiger partial charge >= 0.3 is 0 Å². The molecule has 5 aromatic rings. The van der Waals surface area contributed by atoms with E-state index in [0.29, 0.717) is 39.0 Å². The van der Waals surface area contributed by atoms with E-state index in [4.69, 9.17) is 16.3 Å². The molecule has 0 unspecified atom stereocenters. The Labute approximate surface area is 227 Å². The molecule has 1 aliphatic heterocycles. The summed E-state index contributed by atoms with van der Waals surface area (Å²) in [7, 11) is -4.26. The highest BCUT2D eigenvalue weighted by Crippen LogP contribution is 2.39. The monoisotopic (exact) mass is 555 g/mol. The maximum absolute atomic E-state index is 14.1. The smallest absolute Gasteiger partial charge is 0.297 e. The molecule has 6 rings (SSSR count). The van der Waals surface area contributed by atoms with Crippen molar-refractivity contribution in [2.24, 2.45) is 5.14 Å². The number of para-hydroxylation sites is 1. The zero-order valence-corrected chi connectivity index (χ0v) is 21.8. The molecule has 2 aromatic carbocycles. The zero-order chi connectivity index (χ0) is 28.2. The number of fused-ring (bicyclic) bond motifs is 1. The first-order valence-corrected chi connectivity index (χ1v) is 13.6. The van der Waals surface area contributed by atoms with E-state index in [1.54, 1.807) is 49.4 Å². The number of ether oxygens (including phenoxy) is 1. The van der Waals surface area contributed by atoms with Crippen molar-refractivity contribution in [2.45, 2.75) is 19.6 Å². The summed E-state index contributed by atoms with van der Waals surface area (Å²) in [5.41, 5.74) is 1.77. The molecule has 0 radical (unpaired) electrons. The SMILES string of the molecule is C#Cc1ccc2c3c(c([C@@H](C)NC(=O)c4c(NS(N)(=O)=O)nn5cccnc45)n(-c4ccccc4)c(=O)c13)CO2. The Balaban J connectivity index is 1.54. The van der Waals surface area contributed by atoms with Gasteiger partial charge in [-0.2, -0.15) is 8.42 Å². The Bertz CT molecular complexity index is 2060. The summed E-state index contributed by atoms with van der Waals surface area (Å²) >= 11 is 0. The lowest BCUT2D eigenvalue weighted by molar-refractivity contribution is 0.0940. The number of nitrogens with two attached hydrogens (primary N) is 1. The normalized spacial score (nSPS) is 13.1. The van der Waals surface area contributed by atoms with E-state index in [2.05, 4.69) is 26.0 Å². The second-order valence-corrected chi connectivity index (χ2v) is 10.4. The highest BCUT2D eigenvalue weighted by Gasteiger charge is 2.31. The van der Waals surface area contributed by atoms with Crippen molar-refractivity contribution in [2.75, 3.05) is 4.72 Å². The minimum atomic E-state index is -4.26. The Morgan fingerprint density at radius 1 is 1.18 bits per heavy atom.